The molecule has 3 N–H and O–H groups in total. The Morgan fingerprint density at radius 2 is 1.88 bits per heavy atom. The molecule has 0 radical (unpaired) electrons. The summed E-state index contributed by atoms with van der Waals surface area (Å²) in [4.78, 5) is 14.8. The SMILES string of the molecule is Cc1ccc(CN2CCOCC2)cc1NC(=O)c1ccc(N)cc1. The Hall–Kier alpha value is -2.37. The van der Waals surface area contributed by atoms with E-state index in [1.54, 1.807) is 24.3 Å². The molecule has 126 valence electrons. The first-order valence-corrected chi connectivity index (χ1v) is 8.18. The second kappa shape index (κ2) is 7.47. The van der Waals surface area contributed by atoms with Crippen molar-refractivity contribution in [1.29, 1.82) is 0 Å². The summed E-state index contributed by atoms with van der Waals surface area (Å²) in [6, 6.07) is 13.2. The molecule has 0 aliphatic carbocycles. The van der Waals surface area contributed by atoms with Crippen LogP contribution in [0.4, 0.5) is 11.4 Å². The number of morpholine rings is 1. The van der Waals surface area contributed by atoms with Crippen molar-refractivity contribution in [1.82, 2.24) is 4.90 Å². The van der Waals surface area contributed by atoms with Gasteiger partial charge in [0.1, 0.15) is 0 Å². The molecule has 0 saturated carbocycles. The fraction of sp³-hybridized carbons (Fsp3) is 0.316. The maximum Gasteiger partial charge on any atom is 0.255 e. The van der Waals surface area contributed by atoms with Gasteiger partial charge < -0.3 is 15.8 Å². The highest BCUT2D eigenvalue weighted by molar-refractivity contribution is 6.04. The minimum Gasteiger partial charge on any atom is -0.399 e. The summed E-state index contributed by atoms with van der Waals surface area (Å²) in [6.07, 6.45) is 0. The predicted molar refractivity (Wildman–Crippen MR) is 96.1 cm³/mol. The average molecular weight is 325 g/mol. The van der Waals surface area contributed by atoms with Gasteiger partial charge >= 0.3 is 0 Å². The number of nitrogens with zero attached hydrogens (tertiary/aromatic N) is 1. The first-order chi connectivity index (χ1) is 11.6. The zero-order chi connectivity index (χ0) is 16.9. The lowest BCUT2D eigenvalue weighted by Gasteiger charge is -2.26. The lowest BCUT2D eigenvalue weighted by atomic mass is 10.1. The molecular formula is C19H23N3O2. The van der Waals surface area contributed by atoms with Gasteiger partial charge in [-0.1, -0.05) is 12.1 Å². The Labute approximate surface area is 142 Å². The van der Waals surface area contributed by atoms with Crippen LogP contribution in [0.5, 0.6) is 0 Å². The number of carbonyl (C=O) groups excluding carboxylic acids is 1. The Morgan fingerprint density at radius 1 is 1.17 bits per heavy atom. The molecule has 1 aliphatic rings. The number of nitrogens with two attached hydrogens (primary N) is 1. The molecule has 2 aromatic carbocycles. The van der Waals surface area contributed by atoms with E-state index in [0.717, 1.165) is 44.1 Å². The molecule has 2 aromatic rings. The normalized spacial score (nSPS) is 15.2. The second-order valence-corrected chi connectivity index (χ2v) is 6.11. The van der Waals surface area contributed by atoms with Gasteiger partial charge in [-0.05, 0) is 48.4 Å². The van der Waals surface area contributed by atoms with Crippen LogP contribution in [0, 0.1) is 6.92 Å². The van der Waals surface area contributed by atoms with Crippen LogP contribution < -0.4 is 11.1 Å². The molecule has 1 fully saturated rings. The van der Waals surface area contributed by atoms with Crippen LogP contribution in [0.2, 0.25) is 0 Å². The first-order valence-electron chi connectivity index (χ1n) is 8.18. The molecule has 0 aromatic heterocycles. The van der Waals surface area contributed by atoms with E-state index in [-0.39, 0.29) is 5.91 Å². The summed E-state index contributed by atoms with van der Waals surface area (Å²) >= 11 is 0. The van der Waals surface area contributed by atoms with E-state index in [1.165, 1.54) is 5.56 Å². The molecule has 0 bridgehead atoms. The van der Waals surface area contributed by atoms with E-state index < -0.39 is 0 Å². The maximum absolute atomic E-state index is 12.4. The van der Waals surface area contributed by atoms with Gasteiger partial charge in [-0.2, -0.15) is 0 Å². The molecule has 1 saturated heterocycles. The molecule has 0 atom stereocenters. The van der Waals surface area contributed by atoms with E-state index >= 15 is 0 Å². The molecule has 5 nitrogen and oxygen atoms in total. The van der Waals surface area contributed by atoms with E-state index in [2.05, 4.69) is 22.3 Å². The number of anilines is 2. The Balaban J connectivity index is 1.71. The van der Waals surface area contributed by atoms with Crippen molar-refractivity contribution in [3.63, 3.8) is 0 Å². The number of hydrogen-bond donors (Lipinski definition) is 2. The summed E-state index contributed by atoms with van der Waals surface area (Å²) < 4.78 is 5.38. The zero-order valence-electron chi connectivity index (χ0n) is 13.9. The molecule has 1 amide bonds. The van der Waals surface area contributed by atoms with Gasteiger partial charge in [-0.3, -0.25) is 9.69 Å². The predicted octanol–water partition coefficient (Wildman–Crippen LogP) is 2.66. The number of hydrogen-bond acceptors (Lipinski definition) is 4. The van der Waals surface area contributed by atoms with Crippen LogP contribution in [0.1, 0.15) is 21.5 Å². The van der Waals surface area contributed by atoms with Crippen LogP contribution in [0.15, 0.2) is 42.5 Å². The Morgan fingerprint density at radius 3 is 2.58 bits per heavy atom. The van der Waals surface area contributed by atoms with Gasteiger partial charge in [-0.25, -0.2) is 0 Å². The summed E-state index contributed by atoms with van der Waals surface area (Å²) in [7, 11) is 0. The highest BCUT2D eigenvalue weighted by Gasteiger charge is 2.12. The van der Waals surface area contributed by atoms with Gasteiger partial charge in [0.25, 0.3) is 5.91 Å². The van der Waals surface area contributed by atoms with Gasteiger partial charge in [0.05, 0.1) is 13.2 Å². The number of nitrogens with one attached hydrogen (secondary N) is 1. The minimum atomic E-state index is -0.123. The fourth-order valence-electron chi connectivity index (χ4n) is 2.75. The Kier molecular flexibility index (Phi) is 5.13. The highest BCUT2D eigenvalue weighted by Crippen LogP contribution is 2.20. The zero-order valence-corrected chi connectivity index (χ0v) is 13.9. The largest absolute Gasteiger partial charge is 0.399 e. The third kappa shape index (κ3) is 4.13. The Bertz CT molecular complexity index is 707. The lowest BCUT2D eigenvalue weighted by Crippen LogP contribution is -2.35. The lowest BCUT2D eigenvalue weighted by molar-refractivity contribution is 0.0342. The average Bonchev–Trinajstić information content (AvgIpc) is 2.59. The molecule has 24 heavy (non-hydrogen) atoms. The quantitative estimate of drug-likeness (QED) is 0.848. The summed E-state index contributed by atoms with van der Waals surface area (Å²) in [6.45, 7) is 6.33. The maximum atomic E-state index is 12.4. The highest BCUT2D eigenvalue weighted by atomic mass is 16.5. The van der Waals surface area contributed by atoms with Crippen molar-refractivity contribution < 1.29 is 9.53 Å². The van der Waals surface area contributed by atoms with Crippen LogP contribution in [0.3, 0.4) is 0 Å². The molecule has 0 unspecified atom stereocenters. The van der Waals surface area contributed by atoms with Crippen molar-refractivity contribution in [3.05, 3.63) is 59.2 Å². The molecule has 1 heterocycles. The van der Waals surface area contributed by atoms with Crippen molar-refractivity contribution in [2.45, 2.75) is 13.5 Å². The smallest absolute Gasteiger partial charge is 0.255 e. The van der Waals surface area contributed by atoms with Crippen LogP contribution in [-0.4, -0.2) is 37.1 Å². The van der Waals surface area contributed by atoms with Crippen LogP contribution in [0.25, 0.3) is 0 Å². The molecule has 5 heteroatoms. The summed E-state index contributed by atoms with van der Waals surface area (Å²) in [5.41, 5.74) is 10.00. The minimum absolute atomic E-state index is 0.123. The van der Waals surface area contributed by atoms with Crippen molar-refractivity contribution in [3.8, 4) is 0 Å². The van der Waals surface area contributed by atoms with Crippen LogP contribution >= 0.6 is 0 Å². The topological polar surface area (TPSA) is 67.6 Å². The second-order valence-electron chi connectivity index (χ2n) is 6.11. The van der Waals surface area contributed by atoms with E-state index in [1.807, 2.05) is 13.0 Å². The summed E-state index contributed by atoms with van der Waals surface area (Å²) in [5.74, 6) is -0.123. The number of aryl methyl sites for hydroxylation is 1. The molecule has 0 spiro atoms. The van der Waals surface area contributed by atoms with E-state index in [0.29, 0.717) is 11.3 Å². The van der Waals surface area contributed by atoms with Gasteiger partial charge in [0.15, 0.2) is 0 Å². The van der Waals surface area contributed by atoms with Crippen molar-refractivity contribution in [2.75, 3.05) is 37.4 Å². The first kappa shape index (κ1) is 16.5. The van der Waals surface area contributed by atoms with Gasteiger partial charge in [-0.15, -0.1) is 0 Å². The third-order valence-corrected chi connectivity index (χ3v) is 4.23. The molecular weight excluding hydrogens is 302 g/mol. The number of nitrogen functional groups attached to an aromatic ring is 1. The van der Waals surface area contributed by atoms with Crippen molar-refractivity contribution in [2.24, 2.45) is 0 Å². The number of rotatable bonds is 4. The number of carbonyl (C=O) groups is 1. The number of ether oxygens (including phenoxy) is 1. The fourth-order valence-corrected chi connectivity index (χ4v) is 2.75. The third-order valence-electron chi connectivity index (χ3n) is 4.23. The number of amides is 1. The molecule has 1 aliphatic heterocycles. The standard InChI is InChI=1S/C19H23N3O2/c1-14-2-3-15(13-22-8-10-24-11-9-22)12-18(14)21-19(23)16-4-6-17(20)7-5-16/h2-7,12H,8-11,13,20H2,1H3,(H,21,23). The van der Waals surface area contributed by atoms with Crippen molar-refractivity contribution >= 4 is 17.3 Å². The van der Waals surface area contributed by atoms with Gasteiger partial charge in [0, 0.05) is 36.6 Å². The van der Waals surface area contributed by atoms with E-state index in [9.17, 15) is 4.79 Å². The summed E-state index contributed by atoms with van der Waals surface area (Å²) in [5, 5.41) is 3.00. The van der Waals surface area contributed by atoms with Crippen LogP contribution in [-0.2, 0) is 11.3 Å². The molecule has 3 rings (SSSR count). The number of benzene rings is 2. The monoisotopic (exact) mass is 325 g/mol. The van der Waals surface area contributed by atoms with Gasteiger partial charge in [0.2, 0.25) is 0 Å². The van der Waals surface area contributed by atoms with E-state index in [4.69, 9.17) is 10.5 Å².